The molecule has 4 aromatic rings. The molecule has 0 fully saturated rings. The highest BCUT2D eigenvalue weighted by Gasteiger charge is 2.19. The van der Waals surface area contributed by atoms with Gasteiger partial charge in [-0.05, 0) is 36.1 Å². The Kier molecular flexibility index (Phi) is 6.56. The second-order valence-electron chi connectivity index (χ2n) is 6.50. The molecule has 0 aliphatic carbocycles. The molecular weight excluding hydrogens is 414 g/mol. The smallest absolute Gasteiger partial charge is 0.231 e. The number of thioether (sulfide) groups is 1. The van der Waals surface area contributed by atoms with Gasteiger partial charge in [0.05, 0.1) is 11.8 Å². The second kappa shape index (κ2) is 9.69. The summed E-state index contributed by atoms with van der Waals surface area (Å²) in [6, 6.07) is 17.7. The third kappa shape index (κ3) is 4.60. The highest BCUT2D eigenvalue weighted by atomic mass is 32.2. The summed E-state index contributed by atoms with van der Waals surface area (Å²) in [5.74, 6) is 1.00. The lowest BCUT2D eigenvalue weighted by Crippen LogP contribution is -2.30. The van der Waals surface area contributed by atoms with E-state index in [1.807, 2.05) is 71.5 Å². The molecule has 4 rings (SSSR count). The highest BCUT2D eigenvalue weighted by molar-refractivity contribution is 7.99. The summed E-state index contributed by atoms with van der Waals surface area (Å²) in [5, 5.41) is 14.5. The first kappa shape index (κ1) is 20.3. The van der Waals surface area contributed by atoms with E-state index in [0.29, 0.717) is 0 Å². The lowest BCUT2D eigenvalue weighted by molar-refractivity contribution is -0.119. The van der Waals surface area contributed by atoms with E-state index in [4.69, 9.17) is 0 Å². The molecule has 30 heavy (non-hydrogen) atoms. The van der Waals surface area contributed by atoms with Crippen molar-refractivity contribution in [2.75, 3.05) is 5.75 Å². The van der Waals surface area contributed by atoms with Crippen molar-refractivity contribution in [3.05, 3.63) is 82.8 Å². The monoisotopic (exact) mass is 435 g/mol. The Labute approximate surface area is 183 Å². The summed E-state index contributed by atoms with van der Waals surface area (Å²) in [6.07, 6.45) is 3.47. The molecule has 3 aromatic heterocycles. The zero-order chi connectivity index (χ0) is 20.8. The molecule has 0 saturated carbocycles. The van der Waals surface area contributed by atoms with E-state index in [0.717, 1.165) is 33.5 Å². The zero-order valence-electron chi connectivity index (χ0n) is 16.4. The van der Waals surface area contributed by atoms with E-state index in [-0.39, 0.29) is 17.7 Å². The predicted octanol–water partition coefficient (Wildman–Crippen LogP) is 4.42. The number of pyridine rings is 1. The molecule has 0 unspecified atom stereocenters. The van der Waals surface area contributed by atoms with E-state index in [1.54, 1.807) is 23.7 Å². The van der Waals surface area contributed by atoms with Crippen molar-refractivity contribution in [2.45, 2.75) is 24.7 Å². The number of hydrogen-bond acceptors (Lipinski definition) is 6. The van der Waals surface area contributed by atoms with Crippen molar-refractivity contribution < 1.29 is 4.79 Å². The van der Waals surface area contributed by atoms with E-state index >= 15 is 0 Å². The molecule has 1 amide bonds. The zero-order valence-corrected chi connectivity index (χ0v) is 18.1. The number of aromatic nitrogens is 4. The maximum atomic E-state index is 12.8. The number of carbonyl (C=O) groups is 1. The van der Waals surface area contributed by atoms with Crippen LogP contribution in [0.5, 0.6) is 0 Å². The minimum atomic E-state index is -0.157. The van der Waals surface area contributed by atoms with Crippen molar-refractivity contribution in [1.82, 2.24) is 25.1 Å². The molecule has 0 radical (unpaired) electrons. The normalized spacial score (nSPS) is 11.9. The second-order valence-corrected chi connectivity index (χ2v) is 8.42. The van der Waals surface area contributed by atoms with Gasteiger partial charge >= 0.3 is 0 Å². The van der Waals surface area contributed by atoms with Gasteiger partial charge in [-0.2, -0.15) is 0 Å². The van der Waals surface area contributed by atoms with Crippen LogP contribution in [0.15, 0.2) is 77.5 Å². The lowest BCUT2D eigenvalue weighted by atomic mass is 10.1. The van der Waals surface area contributed by atoms with Crippen LogP contribution in [-0.2, 0) is 11.3 Å². The number of thiophene rings is 1. The molecule has 0 spiro atoms. The Bertz CT molecular complexity index is 1080. The average molecular weight is 436 g/mol. The molecule has 0 aliphatic heterocycles. The molecule has 3 heterocycles. The van der Waals surface area contributed by atoms with Crippen molar-refractivity contribution in [2.24, 2.45) is 0 Å². The quantitative estimate of drug-likeness (QED) is 0.415. The largest absolute Gasteiger partial charge is 0.344 e. The van der Waals surface area contributed by atoms with Gasteiger partial charge in [-0.25, -0.2) is 0 Å². The third-order valence-corrected chi connectivity index (χ3v) is 6.47. The van der Waals surface area contributed by atoms with Crippen molar-refractivity contribution >= 4 is 29.0 Å². The Balaban J connectivity index is 1.46. The third-order valence-electron chi connectivity index (χ3n) is 4.57. The molecule has 0 bridgehead atoms. The van der Waals surface area contributed by atoms with Gasteiger partial charge in [0.2, 0.25) is 5.91 Å². The number of rotatable bonds is 8. The number of nitrogens with zero attached hydrogens (tertiary/aromatic N) is 4. The van der Waals surface area contributed by atoms with Crippen LogP contribution in [0.25, 0.3) is 11.4 Å². The number of benzene rings is 1. The van der Waals surface area contributed by atoms with Gasteiger partial charge < -0.3 is 9.88 Å². The summed E-state index contributed by atoms with van der Waals surface area (Å²) in [7, 11) is 0. The fourth-order valence-electron chi connectivity index (χ4n) is 3.15. The van der Waals surface area contributed by atoms with Gasteiger partial charge in [0.1, 0.15) is 0 Å². The van der Waals surface area contributed by atoms with Gasteiger partial charge in [0.15, 0.2) is 11.0 Å². The summed E-state index contributed by atoms with van der Waals surface area (Å²) < 4.78 is 2.02. The molecule has 0 aliphatic rings. The van der Waals surface area contributed by atoms with Gasteiger partial charge in [0, 0.05) is 29.4 Å². The number of carbonyl (C=O) groups excluding carboxylic acids is 1. The summed E-state index contributed by atoms with van der Waals surface area (Å²) in [4.78, 5) is 17.9. The Morgan fingerprint density at radius 1 is 1.10 bits per heavy atom. The minimum absolute atomic E-state index is 0.0432. The Hall–Kier alpha value is -2.97. The fourth-order valence-corrected chi connectivity index (χ4v) is 4.76. The standard InChI is InChI=1S/C22H21N5OS2/c1-2-27-21(17-10-12-23-13-11-17)25-26-22(27)30-15-19(28)24-20(18-9-6-14-29-18)16-7-4-3-5-8-16/h3-14,20H,2,15H2,1H3,(H,24,28)/t20-/m1/s1. The van der Waals surface area contributed by atoms with Crippen LogP contribution in [-0.4, -0.2) is 31.4 Å². The van der Waals surface area contributed by atoms with E-state index in [9.17, 15) is 4.79 Å². The molecular formula is C22H21N5OS2. The average Bonchev–Trinajstić information content (AvgIpc) is 3.47. The number of nitrogens with one attached hydrogen (secondary N) is 1. The summed E-state index contributed by atoms with van der Waals surface area (Å²) >= 11 is 3.03. The van der Waals surface area contributed by atoms with E-state index in [2.05, 4.69) is 20.5 Å². The van der Waals surface area contributed by atoms with Crippen LogP contribution >= 0.6 is 23.1 Å². The van der Waals surface area contributed by atoms with Gasteiger partial charge in [-0.1, -0.05) is 48.2 Å². The number of amides is 1. The van der Waals surface area contributed by atoms with Crippen LogP contribution in [0.4, 0.5) is 0 Å². The van der Waals surface area contributed by atoms with Crippen LogP contribution in [0.1, 0.15) is 23.4 Å². The summed E-state index contributed by atoms with van der Waals surface area (Å²) in [6.45, 7) is 2.76. The topological polar surface area (TPSA) is 72.7 Å². The number of hydrogen-bond donors (Lipinski definition) is 1. The predicted molar refractivity (Wildman–Crippen MR) is 120 cm³/mol. The SMILES string of the molecule is CCn1c(SCC(=O)N[C@H](c2ccccc2)c2cccs2)nnc1-c1ccncc1. The Morgan fingerprint density at radius 3 is 2.60 bits per heavy atom. The fraction of sp³-hybridized carbons (Fsp3) is 0.182. The summed E-state index contributed by atoms with van der Waals surface area (Å²) in [5.41, 5.74) is 2.02. The van der Waals surface area contributed by atoms with Crippen molar-refractivity contribution in [3.63, 3.8) is 0 Å². The van der Waals surface area contributed by atoms with Gasteiger partial charge in [0.25, 0.3) is 0 Å². The van der Waals surface area contributed by atoms with Crippen LogP contribution < -0.4 is 5.32 Å². The van der Waals surface area contributed by atoms with Crippen molar-refractivity contribution in [3.8, 4) is 11.4 Å². The first-order valence-corrected chi connectivity index (χ1v) is 11.5. The van der Waals surface area contributed by atoms with E-state index < -0.39 is 0 Å². The Morgan fingerprint density at radius 2 is 1.90 bits per heavy atom. The maximum absolute atomic E-state index is 12.8. The van der Waals surface area contributed by atoms with Crippen molar-refractivity contribution in [1.29, 1.82) is 0 Å². The minimum Gasteiger partial charge on any atom is -0.344 e. The highest BCUT2D eigenvalue weighted by Crippen LogP contribution is 2.27. The molecule has 1 aromatic carbocycles. The van der Waals surface area contributed by atoms with Crippen LogP contribution in [0.2, 0.25) is 0 Å². The molecule has 152 valence electrons. The van der Waals surface area contributed by atoms with Crippen LogP contribution in [0, 0.1) is 0 Å². The molecule has 8 heteroatoms. The van der Waals surface area contributed by atoms with Gasteiger partial charge in [-0.15, -0.1) is 21.5 Å². The van der Waals surface area contributed by atoms with E-state index in [1.165, 1.54) is 11.8 Å². The molecule has 1 atom stereocenters. The first-order valence-electron chi connectivity index (χ1n) is 9.60. The van der Waals surface area contributed by atoms with Gasteiger partial charge in [-0.3, -0.25) is 9.78 Å². The molecule has 6 nitrogen and oxygen atoms in total. The molecule has 0 saturated heterocycles. The first-order chi connectivity index (χ1) is 14.8. The van der Waals surface area contributed by atoms with Crippen LogP contribution in [0.3, 0.4) is 0 Å². The molecule has 1 N–H and O–H groups in total. The maximum Gasteiger partial charge on any atom is 0.231 e. The lowest BCUT2D eigenvalue weighted by Gasteiger charge is -2.18.